The molecule has 0 radical (unpaired) electrons. The lowest BCUT2D eigenvalue weighted by Gasteiger charge is -2.15. The third-order valence-corrected chi connectivity index (χ3v) is 7.01. The minimum absolute atomic E-state index is 0.0372. The highest BCUT2D eigenvalue weighted by Crippen LogP contribution is 2.35. The molecule has 0 bridgehead atoms. The van der Waals surface area contributed by atoms with Gasteiger partial charge in [0.15, 0.2) is 0 Å². The molecule has 1 unspecified atom stereocenters. The van der Waals surface area contributed by atoms with Crippen molar-refractivity contribution in [3.63, 3.8) is 0 Å². The molecule has 2 aromatic carbocycles. The second kappa shape index (κ2) is 7.44. The monoisotopic (exact) mass is 386 g/mol. The third kappa shape index (κ3) is 4.06. The topological polar surface area (TPSA) is 75.3 Å². The van der Waals surface area contributed by atoms with Crippen LogP contribution in [0, 0.1) is 0 Å². The Morgan fingerprint density at radius 2 is 1.67 bits per heavy atom. The van der Waals surface area contributed by atoms with Crippen LogP contribution in [0.1, 0.15) is 50.7 Å². The van der Waals surface area contributed by atoms with Gasteiger partial charge in [0.25, 0.3) is 0 Å². The summed E-state index contributed by atoms with van der Waals surface area (Å²) < 4.78 is 26.5. The Kier molecular flexibility index (Phi) is 5.40. The summed E-state index contributed by atoms with van der Waals surface area (Å²) in [6.45, 7) is 7.63. The predicted octanol–water partition coefficient (Wildman–Crippen LogP) is 3.84. The van der Waals surface area contributed by atoms with Crippen molar-refractivity contribution < 1.29 is 13.2 Å². The molecular weight excluding hydrogens is 360 g/mol. The molecule has 1 amide bonds. The highest BCUT2D eigenvalue weighted by Gasteiger charge is 2.26. The van der Waals surface area contributed by atoms with Gasteiger partial charge in [-0.3, -0.25) is 4.79 Å². The van der Waals surface area contributed by atoms with Gasteiger partial charge in [-0.05, 0) is 55.0 Å². The van der Waals surface area contributed by atoms with Crippen LogP contribution in [0.2, 0.25) is 0 Å². The first-order chi connectivity index (χ1) is 12.7. The van der Waals surface area contributed by atoms with Gasteiger partial charge in [-0.2, -0.15) is 0 Å². The van der Waals surface area contributed by atoms with Gasteiger partial charge in [0.05, 0.1) is 11.2 Å². The van der Waals surface area contributed by atoms with E-state index in [-0.39, 0.29) is 17.7 Å². The van der Waals surface area contributed by atoms with Crippen molar-refractivity contribution in [2.45, 2.75) is 44.8 Å². The zero-order valence-corrected chi connectivity index (χ0v) is 16.9. The zero-order valence-electron chi connectivity index (χ0n) is 16.1. The van der Waals surface area contributed by atoms with E-state index in [1.54, 1.807) is 13.8 Å². The van der Waals surface area contributed by atoms with E-state index in [1.165, 1.54) is 0 Å². The Morgan fingerprint density at radius 3 is 2.30 bits per heavy atom. The van der Waals surface area contributed by atoms with E-state index in [2.05, 4.69) is 10.0 Å². The number of anilines is 1. The molecule has 0 saturated heterocycles. The molecule has 0 fully saturated rings. The van der Waals surface area contributed by atoms with Crippen LogP contribution in [-0.4, -0.2) is 26.1 Å². The molecule has 0 aromatic heterocycles. The number of hydrogen-bond donors (Lipinski definition) is 2. The molecule has 1 heterocycles. The van der Waals surface area contributed by atoms with Gasteiger partial charge < -0.3 is 5.32 Å². The number of hydrogen-bond acceptors (Lipinski definition) is 3. The lowest BCUT2D eigenvalue weighted by Crippen LogP contribution is -2.33. The number of carbonyl (C=O) groups excluding carboxylic acids is 1. The minimum atomic E-state index is -3.25. The molecule has 5 nitrogen and oxygen atoms in total. The maximum absolute atomic E-state index is 11.9. The number of fused-ring (bicyclic) bond motifs is 1. The van der Waals surface area contributed by atoms with Crippen LogP contribution in [0.4, 0.5) is 5.69 Å². The third-order valence-electron chi connectivity index (χ3n) is 5.20. The summed E-state index contributed by atoms with van der Waals surface area (Å²) in [5, 5.41) is 2.49. The molecule has 2 atom stereocenters. The highest BCUT2D eigenvalue weighted by molar-refractivity contribution is 7.90. The first-order valence-electron chi connectivity index (χ1n) is 9.22. The van der Waals surface area contributed by atoms with Crippen molar-refractivity contribution in [1.29, 1.82) is 0 Å². The molecule has 6 heteroatoms. The highest BCUT2D eigenvalue weighted by atomic mass is 32.2. The number of amides is 1. The van der Waals surface area contributed by atoms with Gasteiger partial charge in [-0.15, -0.1) is 0 Å². The molecule has 2 N–H and O–H groups in total. The predicted molar refractivity (Wildman–Crippen MR) is 109 cm³/mol. The van der Waals surface area contributed by atoms with E-state index in [0.29, 0.717) is 6.54 Å². The van der Waals surface area contributed by atoms with Crippen LogP contribution in [0.25, 0.3) is 11.1 Å². The first-order valence-corrected chi connectivity index (χ1v) is 10.8. The smallest absolute Gasteiger partial charge is 0.231 e. The number of rotatable bonds is 6. The van der Waals surface area contributed by atoms with Gasteiger partial charge >= 0.3 is 0 Å². The number of benzene rings is 2. The van der Waals surface area contributed by atoms with E-state index in [1.807, 2.05) is 56.3 Å². The van der Waals surface area contributed by atoms with Crippen LogP contribution in [0.5, 0.6) is 0 Å². The summed E-state index contributed by atoms with van der Waals surface area (Å²) in [5.41, 5.74) is 5.10. The number of sulfonamides is 1. The summed E-state index contributed by atoms with van der Waals surface area (Å²) in [5.74, 6) is 0.00907. The van der Waals surface area contributed by atoms with Crippen molar-refractivity contribution in [3.05, 3.63) is 53.6 Å². The molecule has 0 aliphatic carbocycles. The summed E-state index contributed by atoms with van der Waals surface area (Å²) >= 11 is 0. The molecule has 0 spiro atoms. The van der Waals surface area contributed by atoms with Gasteiger partial charge in [0.1, 0.15) is 0 Å². The SMILES string of the molecule is CC1C(=O)Nc2cc(-c3ccc([C@@H](C)CNS(=O)(=O)C(C)C)cc3)ccc21. The Balaban J connectivity index is 1.73. The van der Waals surface area contributed by atoms with Crippen molar-refractivity contribution in [1.82, 2.24) is 4.72 Å². The van der Waals surface area contributed by atoms with E-state index in [4.69, 9.17) is 0 Å². The number of carbonyl (C=O) groups is 1. The molecular formula is C21H26N2O3S. The molecule has 3 rings (SSSR count). The van der Waals surface area contributed by atoms with Crippen LogP contribution in [0.15, 0.2) is 42.5 Å². The quantitative estimate of drug-likeness (QED) is 0.792. The van der Waals surface area contributed by atoms with Crippen molar-refractivity contribution in [2.24, 2.45) is 0 Å². The number of nitrogens with one attached hydrogen (secondary N) is 2. The van der Waals surface area contributed by atoms with Crippen LogP contribution in [0.3, 0.4) is 0 Å². The van der Waals surface area contributed by atoms with Crippen LogP contribution < -0.4 is 10.0 Å². The molecule has 2 aromatic rings. The first kappa shape index (κ1) is 19.6. The second-order valence-corrected chi connectivity index (χ2v) is 9.80. The average molecular weight is 387 g/mol. The van der Waals surface area contributed by atoms with Gasteiger partial charge in [0, 0.05) is 12.2 Å². The largest absolute Gasteiger partial charge is 0.325 e. The Bertz CT molecular complexity index is 950. The standard InChI is InChI=1S/C21H26N2O3S/c1-13(2)27(25,26)22-12-14(3)16-5-7-17(8-6-16)18-9-10-19-15(4)21(24)23-20(19)11-18/h5-11,13-15,22H,12H2,1-4H3,(H,23,24)/t14-,15?/m0/s1. The van der Waals surface area contributed by atoms with E-state index in [9.17, 15) is 13.2 Å². The molecule has 0 saturated carbocycles. The average Bonchev–Trinajstić information content (AvgIpc) is 2.93. The van der Waals surface area contributed by atoms with Crippen LogP contribution >= 0.6 is 0 Å². The second-order valence-electron chi connectivity index (χ2n) is 7.48. The Morgan fingerprint density at radius 1 is 1.04 bits per heavy atom. The van der Waals surface area contributed by atoms with Gasteiger partial charge in [-0.25, -0.2) is 13.1 Å². The fraction of sp³-hybridized carbons (Fsp3) is 0.381. The summed E-state index contributed by atoms with van der Waals surface area (Å²) in [7, 11) is -3.25. The zero-order chi connectivity index (χ0) is 19.8. The summed E-state index contributed by atoms with van der Waals surface area (Å²) in [6.07, 6.45) is 0. The van der Waals surface area contributed by atoms with E-state index >= 15 is 0 Å². The van der Waals surface area contributed by atoms with Crippen LogP contribution in [-0.2, 0) is 14.8 Å². The van der Waals surface area contributed by atoms with Gasteiger partial charge in [0.2, 0.25) is 15.9 Å². The van der Waals surface area contributed by atoms with Crippen molar-refractivity contribution in [3.8, 4) is 11.1 Å². The van der Waals surface area contributed by atoms with Gasteiger partial charge in [-0.1, -0.05) is 43.3 Å². The summed E-state index contributed by atoms with van der Waals surface area (Å²) in [4.78, 5) is 11.8. The van der Waals surface area contributed by atoms with Crippen molar-refractivity contribution >= 4 is 21.6 Å². The van der Waals surface area contributed by atoms with Crippen molar-refractivity contribution in [2.75, 3.05) is 11.9 Å². The fourth-order valence-corrected chi connectivity index (χ4v) is 3.95. The van der Waals surface area contributed by atoms with E-state index < -0.39 is 15.3 Å². The fourth-order valence-electron chi connectivity index (χ4n) is 3.13. The maximum atomic E-state index is 11.9. The van der Waals surface area contributed by atoms with E-state index in [0.717, 1.165) is 27.9 Å². The molecule has 1 aliphatic heterocycles. The lowest BCUT2D eigenvalue weighted by molar-refractivity contribution is -0.116. The lowest BCUT2D eigenvalue weighted by atomic mass is 9.95. The molecule has 1 aliphatic rings. The Hall–Kier alpha value is -2.18. The maximum Gasteiger partial charge on any atom is 0.231 e. The summed E-state index contributed by atoms with van der Waals surface area (Å²) in [6, 6.07) is 14.2. The minimum Gasteiger partial charge on any atom is -0.325 e. The normalized spacial score (nSPS) is 17.7. The molecule has 144 valence electrons. The Labute approximate surface area is 161 Å². The molecule has 27 heavy (non-hydrogen) atoms.